The molecule has 0 spiro atoms. The van der Waals surface area contributed by atoms with Crippen molar-refractivity contribution in [1.82, 2.24) is 5.32 Å². The van der Waals surface area contributed by atoms with Gasteiger partial charge in [-0.3, -0.25) is 0 Å². The van der Waals surface area contributed by atoms with Crippen molar-refractivity contribution in [1.29, 1.82) is 0 Å². The van der Waals surface area contributed by atoms with Gasteiger partial charge in [-0.25, -0.2) is 0 Å². The van der Waals surface area contributed by atoms with Gasteiger partial charge in [0.25, 0.3) is 0 Å². The van der Waals surface area contributed by atoms with E-state index in [1.165, 1.54) is 5.56 Å². The third-order valence-corrected chi connectivity index (χ3v) is 3.56. The summed E-state index contributed by atoms with van der Waals surface area (Å²) in [7, 11) is 1.66. The van der Waals surface area contributed by atoms with Crippen LogP contribution in [0.4, 0.5) is 5.69 Å². The van der Waals surface area contributed by atoms with Crippen LogP contribution in [0.2, 0.25) is 5.02 Å². The van der Waals surface area contributed by atoms with Crippen molar-refractivity contribution in [3.8, 4) is 5.75 Å². The Bertz CT molecular complexity index is 601. The van der Waals surface area contributed by atoms with E-state index >= 15 is 0 Å². The molecule has 0 saturated heterocycles. The fourth-order valence-corrected chi connectivity index (χ4v) is 2.24. The van der Waals surface area contributed by atoms with Crippen molar-refractivity contribution in [3.05, 3.63) is 59.1 Å². The van der Waals surface area contributed by atoms with Crippen molar-refractivity contribution in [2.45, 2.75) is 6.42 Å². The van der Waals surface area contributed by atoms with E-state index in [9.17, 15) is 0 Å². The van der Waals surface area contributed by atoms with Crippen LogP contribution in [0.5, 0.6) is 5.75 Å². The summed E-state index contributed by atoms with van der Waals surface area (Å²) in [6.07, 6.45) is 0.883. The average Bonchev–Trinajstić information content (AvgIpc) is 2.50. The third-order valence-electron chi connectivity index (χ3n) is 2.98. The van der Waals surface area contributed by atoms with Crippen LogP contribution < -0.4 is 15.4 Å². The normalized spacial score (nSPS) is 10.0. The molecule has 5 heteroatoms. The molecule has 3 nitrogen and oxygen atoms in total. The van der Waals surface area contributed by atoms with Crippen LogP contribution in [0.3, 0.4) is 0 Å². The van der Waals surface area contributed by atoms with Gasteiger partial charge in [0, 0.05) is 6.54 Å². The van der Waals surface area contributed by atoms with E-state index in [0.29, 0.717) is 10.1 Å². The van der Waals surface area contributed by atoms with Gasteiger partial charge in [0.1, 0.15) is 5.75 Å². The summed E-state index contributed by atoms with van der Waals surface area (Å²) in [5.41, 5.74) is 2.03. The van der Waals surface area contributed by atoms with E-state index < -0.39 is 0 Å². The van der Waals surface area contributed by atoms with E-state index in [1.807, 2.05) is 48.5 Å². The lowest BCUT2D eigenvalue weighted by molar-refractivity contribution is 0.414. The first kappa shape index (κ1) is 15.6. The van der Waals surface area contributed by atoms with Crippen LogP contribution in [0.15, 0.2) is 48.5 Å². The Morgan fingerprint density at radius 3 is 2.52 bits per heavy atom. The number of benzene rings is 2. The topological polar surface area (TPSA) is 33.3 Å². The van der Waals surface area contributed by atoms with Crippen LogP contribution in [0, 0.1) is 0 Å². The first-order valence-electron chi connectivity index (χ1n) is 6.61. The molecular weight excluding hydrogens is 304 g/mol. The van der Waals surface area contributed by atoms with Crippen LogP contribution >= 0.6 is 23.8 Å². The van der Waals surface area contributed by atoms with E-state index in [1.54, 1.807) is 7.11 Å². The van der Waals surface area contributed by atoms with Gasteiger partial charge in [-0.2, -0.15) is 0 Å². The number of hydrogen-bond donors (Lipinski definition) is 2. The van der Waals surface area contributed by atoms with Gasteiger partial charge in [0.05, 0.1) is 17.8 Å². The summed E-state index contributed by atoms with van der Waals surface area (Å²) < 4.78 is 5.13. The molecule has 0 unspecified atom stereocenters. The summed E-state index contributed by atoms with van der Waals surface area (Å²) >= 11 is 11.3. The Morgan fingerprint density at radius 2 is 1.86 bits per heavy atom. The molecule has 0 aliphatic carbocycles. The monoisotopic (exact) mass is 320 g/mol. The molecule has 0 aliphatic rings. The number of nitrogens with one attached hydrogen (secondary N) is 2. The van der Waals surface area contributed by atoms with Gasteiger partial charge in [0.2, 0.25) is 0 Å². The minimum absolute atomic E-state index is 0.566. The molecular formula is C16H17ClN2OS. The molecule has 110 valence electrons. The third kappa shape index (κ3) is 4.92. The van der Waals surface area contributed by atoms with Gasteiger partial charge in [-0.05, 0) is 48.5 Å². The Morgan fingerprint density at radius 1 is 1.14 bits per heavy atom. The average molecular weight is 321 g/mol. The standard InChI is InChI=1S/C16H17ClN2OS/c1-20-13-8-6-12(7-9-13)10-11-18-16(21)19-15-5-3-2-4-14(15)17/h2-9H,10-11H2,1H3,(H2,18,19,21). The molecule has 0 saturated carbocycles. The molecule has 2 aromatic carbocycles. The Labute approximate surface area is 135 Å². The fourth-order valence-electron chi connectivity index (χ4n) is 1.84. The maximum atomic E-state index is 6.07. The molecule has 0 heterocycles. The van der Waals surface area contributed by atoms with E-state index in [4.69, 9.17) is 28.6 Å². The molecule has 0 fully saturated rings. The van der Waals surface area contributed by atoms with Crippen LogP contribution in [0.25, 0.3) is 0 Å². The molecule has 2 N–H and O–H groups in total. The van der Waals surface area contributed by atoms with Crippen molar-refractivity contribution in [2.75, 3.05) is 19.0 Å². The van der Waals surface area contributed by atoms with Gasteiger partial charge in [-0.15, -0.1) is 0 Å². The number of halogens is 1. The quantitative estimate of drug-likeness (QED) is 0.819. The minimum Gasteiger partial charge on any atom is -0.497 e. The minimum atomic E-state index is 0.566. The number of anilines is 1. The highest BCUT2D eigenvalue weighted by Crippen LogP contribution is 2.20. The zero-order valence-corrected chi connectivity index (χ0v) is 13.3. The molecule has 2 rings (SSSR count). The van der Waals surface area contributed by atoms with Crippen LogP contribution in [-0.2, 0) is 6.42 Å². The molecule has 0 amide bonds. The Balaban J connectivity index is 1.77. The zero-order chi connectivity index (χ0) is 15.1. The zero-order valence-electron chi connectivity index (χ0n) is 11.7. The van der Waals surface area contributed by atoms with Gasteiger partial charge in [0.15, 0.2) is 5.11 Å². The first-order valence-corrected chi connectivity index (χ1v) is 7.40. The summed E-state index contributed by atoms with van der Waals surface area (Å²) in [4.78, 5) is 0. The molecule has 0 atom stereocenters. The number of rotatable bonds is 5. The second kappa shape index (κ2) is 7.86. The van der Waals surface area contributed by atoms with E-state index in [2.05, 4.69) is 10.6 Å². The molecule has 0 aliphatic heterocycles. The Kier molecular flexibility index (Phi) is 5.84. The van der Waals surface area contributed by atoms with Crippen LogP contribution in [-0.4, -0.2) is 18.8 Å². The van der Waals surface area contributed by atoms with E-state index in [-0.39, 0.29) is 0 Å². The predicted molar refractivity (Wildman–Crippen MR) is 92.4 cm³/mol. The molecule has 0 radical (unpaired) electrons. The van der Waals surface area contributed by atoms with Crippen molar-refractivity contribution in [2.24, 2.45) is 0 Å². The first-order chi connectivity index (χ1) is 10.2. The highest BCUT2D eigenvalue weighted by atomic mass is 35.5. The van der Waals surface area contributed by atoms with E-state index in [0.717, 1.165) is 24.4 Å². The Hall–Kier alpha value is -1.78. The van der Waals surface area contributed by atoms with Gasteiger partial charge >= 0.3 is 0 Å². The van der Waals surface area contributed by atoms with Gasteiger partial charge in [-0.1, -0.05) is 35.9 Å². The molecule has 21 heavy (non-hydrogen) atoms. The second-order valence-electron chi connectivity index (χ2n) is 4.46. The fraction of sp³-hybridized carbons (Fsp3) is 0.188. The summed E-state index contributed by atoms with van der Waals surface area (Å²) in [5, 5.41) is 7.47. The molecule has 0 aromatic heterocycles. The lowest BCUT2D eigenvalue weighted by Gasteiger charge is -2.11. The number of para-hydroxylation sites is 1. The van der Waals surface area contributed by atoms with Crippen molar-refractivity contribution in [3.63, 3.8) is 0 Å². The number of ether oxygens (including phenoxy) is 1. The SMILES string of the molecule is COc1ccc(CCNC(=S)Nc2ccccc2Cl)cc1. The molecule has 2 aromatic rings. The second-order valence-corrected chi connectivity index (χ2v) is 5.27. The number of methoxy groups -OCH3 is 1. The summed E-state index contributed by atoms with van der Waals surface area (Å²) in [6.45, 7) is 0.753. The number of hydrogen-bond acceptors (Lipinski definition) is 2. The van der Waals surface area contributed by atoms with Crippen molar-refractivity contribution < 1.29 is 4.74 Å². The largest absolute Gasteiger partial charge is 0.497 e. The van der Waals surface area contributed by atoms with Crippen molar-refractivity contribution >= 4 is 34.6 Å². The maximum Gasteiger partial charge on any atom is 0.170 e. The summed E-state index contributed by atoms with van der Waals surface area (Å²) in [5.74, 6) is 0.864. The highest BCUT2D eigenvalue weighted by molar-refractivity contribution is 7.80. The maximum absolute atomic E-state index is 6.07. The van der Waals surface area contributed by atoms with Gasteiger partial charge < -0.3 is 15.4 Å². The highest BCUT2D eigenvalue weighted by Gasteiger charge is 2.01. The lowest BCUT2D eigenvalue weighted by Crippen LogP contribution is -2.30. The smallest absolute Gasteiger partial charge is 0.170 e. The van der Waals surface area contributed by atoms with Crippen LogP contribution in [0.1, 0.15) is 5.56 Å². The summed E-state index contributed by atoms with van der Waals surface area (Å²) in [6, 6.07) is 15.5. The lowest BCUT2D eigenvalue weighted by atomic mass is 10.1. The number of thiocarbonyl (C=S) groups is 1. The molecule has 0 bridgehead atoms. The predicted octanol–water partition coefficient (Wildman–Crippen LogP) is 3.88.